The van der Waals surface area contributed by atoms with E-state index in [4.69, 9.17) is 9.47 Å². The number of hydrogen-bond donors (Lipinski definition) is 6. The lowest BCUT2D eigenvalue weighted by Gasteiger charge is -2.39. The van der Waals surface area contributed by atoms with Crippen LogP contribution in [0.2, 0.25) is 0 Å². The number of ether oxygens (including phenoxy) is 2. The number of benzene rings is 2. The molecule has 32 heavy (non-hydrogen) atoms. The van der Waals surface area contributed by atoms with Crippen LogP contribution in [0.25, 0.3) is 0 Å². The molecule has 11 nitrogen and oxygen atoms in total. The fourth-order valence-electron chi connectivity index (χ4n) is 3.78. The van der Waals surface area contributed by atoms with Gasteiger partial charge < -0.3 is 40.1 Å². The normalized spacial score (nSPS) is 26.9. The molecule has 1 aliphatic carbocycles. The van der Waals surface area contributed by atoms with Crippen LogP contribution in [-0.4, -0.2) is 85.5 Å². The summed E-state index contributed by atoms with van der Waals surface area (Å²) in [5.41, 5.74) is -1.46. The second-order valence-electron chi connectivity index (χ2n) is 7.38. The molecule has 0 spiro atoms. The number of aliphatic hydroxyl groups excluding tert-OH is 4. The van der Waals surface area contributed by atoms with Gasteiger partial charge in [-0.1, -0.05) is 12.1 Å². The number of aromatic carboxylic acids is 1. The molecular weight excluding hydrogens is 428 g/mol. The van der Waals surface area contributed by atoms with Crippen LogP contribution in [0, 0.1) is 0 Å². The Bertz CT molecular complexity index is 1120. The van der Waals surface area contributed by atoms with Crippen LogP contribution in [0.4, 0.5) is 0 Å². The number of phenols is 1. The van der Waals surface area contributed by atoms with Gasteiger partial charge in [0.15, 0.2) is 5.78 Å². The Labute approximate surface area is 179 Å². The van der Waals surface area contributed by atoms with E-state index in [0.717, 1.165) is 12.1 Å². The van der Waals surface area contributed by atoms with Crippen LogP contribution in [0.1, 0.15) is 42.2 Å². The molecule has 1 saturated heterocycles. The average molecular weight is 446 g/mol. The highest BCUT2D eigenvalue weighted by Crippen LogP contribution is 2.38. The summed E-state index contributed by atoms with van der Waals surface area (Å²) >= 11 is 0. The van der Waals surface area contributed by atoms with Gasteiger partial charge in [-0.15, -0.1) is 0 Å². The van der Waals surface area contributed by atoms with E-state index in [1.165, 1.54) is 18.2 Å². The molecule has 168 valence electrons. The Morgan fingerprint density at radius 1 is 0.969 bits per heavy atom. The highest BCUT2D eigenvalue weighted by molar-refractivity contribution is 6.30. The first-order valence-corrected chi connectivity index (χ1v) is 9.45. The van der Waals surface area contributed by atoms with Crippen LogP contribution in [0.3, 0.4) is 0 Å². The van der Waals surface area contributed by atoms with E-state index < -0.39 is 66.2 Å². The maximum atomic E-state index is 13.2. The van der Waals surface area contributed by atoms with Gasteiger partial charge >= 0.3 is 5.97 Å². The first-order chi connectivity index (χ1) is 15.1. The summed E-state index contributed by atoms with van der Waals surface area (Å²) in [6.07, 6.45) is -7.95. The van der Waals surface area contributed by atoms with Gasteiger partial charge in [0.1, 0.15) is 35.9 Å². The lowest BCUT2D eigenvalue weighted by Crippen LogP contribution is -2.60. The minimum atomic E-state index is -1.75. The fourth-order valence-corrected chi connectivity index (χ4v) is 3.78. The molecule has 0 aromatic heterocycles. The number of carbonyl (C=O) groups is 3. The minimum Gasteiger partial charge on any atom is -0.507 e. The molecule has 0 unspecified atom stereocenters. The van der Waals surface area contributed by atoms with Crippen molar-refractivity contribution < 1.29 is 54.5 Å². The standard InChI is InChI=1S/C21H18O11/c22-6-12-16(25)18(27)19(28)21(32-12)31-11-3-1-2-8-14(11)17(26)13-9(15(8)24)4-7(20(29)30)5-10(13)23/h1-5,12,16,18-19,21-23,25,27-28H,6H2,(H,29,30)/t12-,16-,18+,19-,21+/m1/s1. The van der Waals surface area contributed by atoms with Gasteiger partial charge in [-0.2, -0.15) is 0 Å². The summed E-state index contributed by atoms with van der Waals surface area (Å²) < 4.78 is 10.8. The predicted molar refractivity (Wildman–Crippen MR) is 103 cm³/mol. The van der Waals surface area contributed by atoms with Gasteiger partial charge in [0.25, 0.3) is 0 Å². The highest BCUT2D eigenvalue weighted by atomic mass is 16.7. The van der Waals surface area contributed by atoms with Crippen LogP contribution in [0.15, 0.2) is 30.3 Å². The number of aliphatic hydroxyl groups is 4. The first kappa shape index (κ1) is 21.9. The Morgan fingerprint density at radius 2 is 1.69 bits per heavy atom. The van der Waals surface area contributed by atoms with Crippen molar-refractivity contribution in [2.75, 3.05) is 6.61 Å². The van der Waals surface area contributed by atoms with E-state index in [1.807, 2.05) is 0 Å². The smallest absolute Gasteiger partial charge is 0.335 e. The molecule has 2 aromatic rings. The van der Waals surface area contributed by atoms with Crippen molar-refractivity contribution in [1.82, 2.24) is 0 Å². The van der Waals surface area contributed by atoms with Gasteiger partial charge in [-0.05, 0) is 18.2 Å². The summed E-state index contributed by atoms with van der Waals surface area (Å²) in [6.45, 7) is -0.692. The molecule has 1 fully saturated rings. The molecule has 0 radical (unpaired) electrons. The Kier molecular flexibility index (Phi) is 5.44. The molecule has 1 aliphatic heterocycles. The Balaban J connectivity index is 1.76. The summed E-state index contributed by atoms with van der Waals surface area (Å²) in [7, 11) is 0. The van der Waals surface area contributed by atoms with E-state index in [0.29, 0.717) is 0 Å². The van der Waals surface area contributed by atoms with Crippen LogP contribution < -0.4 is 4.74 Å². The van der Waals surface area contributed by atoms with Crippen molar-refractivity contribution in [1.29, 1.82) is 0 Å². The largest absolute Gasteiger partial charge is 0.507 e. The molecule has 11 heteroatoms. The molecule has 0 saturated carbocycles. The highest BCUT2D eigenvalue weighted by Gasteiger charge is 2.45. The average Bonchev–Trinajstić information content (AvgIpc) is 2.77. The number of fused-ring (bicyclic) bond motifs is 2. The zero-order valence-corrected chi connectivity index (χ0v) is 16.2. The van der Waals surface area contributed by atoms with Crippen LogP contribution in [-0.2, 0) is 4.74 Å². The number of phenolic OH excluding ortho intramolecular Hbond substituents is 1. The van der Waals surface area contributed by atoms with E-state index in [9.17, 15) is 45.0 Å². The number of rotatable bonds is 4. The molecule has 0 amide bonds. The molecule has 1 heterocycles. The van der Waals surface area contributed by atoms with Crippen molar-refractivity contribution >= 4 is 17.5 Å². The third kappa shape index (κ3) is 3.32. The zero-order valence-electron chi connectivity index (χ0n) is 16.2. The van der Waals surface area contributed by atoms with E-state index in [2.05, 4.69) is 0 Å². The summed E-state index contributed by atoms with van der Waals surface area (Å²) in [4.78, 5) is 37.4. The summed E-state index contributed by atoms with van der Waals surface area (Å²) in [5.74, 6) is -3.88. The van der Waals surface area contributed by atoms with Crippen molar-refractivity contribution in [3.63, 3.8) is 0 Å². The summed E-state index contributed by atoms with van der Waals surface area (Å²) in [5, 5.41) is 58.8. The Hall–Kier alpha value is -3.35. The minimum absolute atomic E-state index is 0.133. The van der Waals surface area contributed by atoms with E-state index in [-0.39, 0.29) is 28.0 Å². The molecule has 6 N–H and O–H groups in total. The monoisotopic (exact) mass is 446 g/mol. The van der Waals surface area contributed by atoms with E-state index in [1.54, 1.807) is 0 Å². The second kappa shape index (κ2) is 7.97. The zero-order chi connectivity index (χ0) is 23.3. The molecular formula is C21H18O11. The molecule has 5 atom stereocenters. The molecule has 4 rings (SSSR count). The Morgan fingerprint density at radius 3 is 2.34 bits per heavy atom. The first-order valence-electron chi connectivity index (χ1n) is 9.45. The number of ketones is 2. The lowest BCUT2D eigenvalue weighted by molar-refractivity contribution is -0.277. The maximum absolute atomic E-state index is 13.2. The number of carbonyl (C=O) groups excluding carboxylic acids is 2. The molecule has 2 aromatic carbocycles. The fraction of sp³-hybridized carbons (Fsp3) is 0.286. The van der Waals surface area contributed by atoms with Gasteiger partial charge in [0, 0.05) is 11.1 Å². The number of carboxylic acid groups (broad SMARTS) is 1. The van der Waals surface area contributed by atoms with Gasteiger partial charge in [0.05, 0.1) is 23.3 Å². The van der Waals surface area contributed by atoms with Crippen molar-refractivity contribution in [3.05, 3.63) is 58.1 Å². The molecule has 0 bridgehead atoms. The maximum Gasteiger partial charge on any atom is 0.335 e. The summed E-state index contributed by atoms with van der Waals surface area (Å²) in [6, 6.07) is 5.81. The SMILES string of the molecule is O=C(O)c1cc(O)c2c(c1)C(=O)c1cccc(O[C@H]3O[C@H](CO)[C@@H](O)[C@H](O)[C@H]3O)c1C2=O. The number of aromatic hydroxyl groups is 1. The van der Waals surface area contributed by atoms with E-state index >= 15 is 0 Å². The number of carboxylic acids is 1. The van der Waals surface area contributed by atoms with Gasteiger partial charge in [0.2, 0.25) is 12.1 Å². The second-order valence-corrected chi connectivity index (χ2v) is 7.38. The third-order valence-corrected chi connectivity index (χ3v) is 5.43. The number of hydrogen-bond acceptors (Lipinski definition) is 10. The lowest BCUT2D eigenvalue weighted by atomic mass is 9.82. The van der Waals surface area contributed by atoms with Gasteiger partial charge in [-0.3, -0.25) is 9.59 Å². The van der Waals surface area contributed by atoms with Crippen molar-refractivity contribution in [2.24, 2.45) is 0 Å². The predicted octanol–water partition coefficient (Wildman–Crippen LogP) is -0.956. The van der Waals surface area contributed by atoms with Crippen LogP contribution in [0.5, 0.6) is 11.5 Å². The van der Waals surface area contributed by atoms with Crippen molar-refractivity contribution in [2.45, 2.75) is 30.7 Å². The quantitative estimate of drug-likeness (QED) is 0.289. The van der Waals surface area contributed by atoms with Crippen LogP contribution >= 0.6 is 0 Å². The third-order valence-electron chi connectivity index (χ3n) is 5.43. The van der Waals surface area contributed by atoms with Crippen molar-refractivity contribution in [3.8, 4) is 11.5 Å². The molecule has 2 aliphatic rings. The topological polar surface area (TPSA) is 191 Å². The van der Waals surface area contributed by atoms with Gasteiger partial charge in [-0.25, -0.2) is 4.79 Å².